The summed E-state index contributed by atoms with van der Waals surface area (Å²) in [4.78, 5) is 20.7. The second kappa shape index (κ2) is 4.24. The second-order valence-corrected chi connectivity index (χ2v) is 5.99. The number of rotatable bonds is 1. The first kappa shape index (κ1) is 13.3. The Labute approximate surface area is 138 Å². The highest BCUT2D eigenvalue weighted by molar-refractivity contribution is 6.36. The van der Waals surface area contributed by atoms with Crippen LogP contribution in [0.5, 0.6) is 0 Å². The number of H-pyrrole nitrogens is 1. The second-order valence-electron chi connectivity index (χ2n) is 5.58. The first-order valence-corrected chi connectivity index (χ1v) is 7.55. The van der Waals surface area contributed by atoms with E-state index in [4.69, 9.17) is 17.3 Å². The molecule has 118 valence electrons. The van der Waals surface area contributed by atoms with Crippen molar-refractivity contribution in [1.82, 2.24) is 29.2 Å². The topological polar surface area (TPSA) is 106 Å². The molecule has 0 saturated carbocycles. The number of hydrogen-bond donors (Lipinski definition) is 2. The number of nitrogens with two attached hydrogens (primary N) is 1. The number of hydrogen-bond acceptors (Lipinski definition) is 4. The number of carbonyl (C=O) groups excluding carboxylic acids is 1. The lowest BCUT2D eigenvalue weighted by Crippen LogP contribution is -2.12. The quantitative estimate of drug-likeness (QED) is 0.487. The summed E-state index contributed by atoms with van der Waals surface area (Å²) in [6.45, 7) is 1.78. The Balaban J connectivity index is 2.22. The minimum Gasteiger partial charge on any atom is -0.365 e. The lowest BCUT2D eigenvalue weighted by molar-refractivity contribution is 0.100. The van der Waals surface area contributed by atoms with E-state index in [0.717, 1.165) is 10.9 Å². The highest BCUT2D eigenvalue weighted by Crippen LogP contribution is 2.32. The van der Waals surface area contributed by atoms with Gasteiger partial charge in [-0.05, 0) is 19.1 Å². The number of carbonyl (C=O) groups is 1. The summed E-state index contributed by atoms with van der Waals surface area (Å²) >= 11 is 6.47. The molecule has 24 heavy (non-hydrogen) atoms. The standard InChI is InChI=1S/C15H10ClN7O/c1-6-18-5-8-10(13(17)24)15-21-23-11-7(4-19-23)2-3-9(16)12(11)22(15)14(8)20-6/h2-5,21H,1H3,(H2,17,24). The fourth-order valence-electron chi connectivity index (χ4n) is 3.20. The van der Waals surface area contributed by atoms with Crippen LogP contribution in [0, 0.1) is 6.92 Å². The number of aryl methyl sites for hydroxylation is 1. The zero-order valence-corrected chi connectivity index (χ0v) is 13.2. The zero-order valence-electron chi connectivity index (χ0n) is 12.4. The van der Waals surface area contributed by atoms with Crippen molar-refractivity contribution >= 4 is 50.6 Å². The fourth-order valence-corrected chi connectivity index (χ4v) is 3.43. The van der Waals surface area contributed by atoms with Crippen molar-refractivity contribution in [2.45, 2.75) is 6.92 Å². The lowest BCUT2D eigenvalue weighted by atomic mass is 10.2. The van der Waals surface area contributed by atoms with Crippen molar-refractivity contribution in [3.05, 3.63) is 40.9 Å². The van der Waals surface area contributed by atoms with E-state index < -0.39 is 5.91 Å². The predicted molar refractivity (Wildman–Crippen MR) is 89.4 cm³/mol. The maximum absolute atomic E-state index is 12.1. The van der Waals surface area contributed by atoms with Crippen molar-refractivity contribution in [3.63, 3.8) is 0 Å². The van der Waals surface area contributed by atoms with Crippen LogP contribution < -0.4 is 5.73 Å². The zero-order chi connectivity index (χ0) is 16.6. The molecule has 8 nitrogen and oxygen atoms in total. The Morgan fingerprint density at radius 2 is 2.12 bits per heavy atom. The molecule has 5 rings (SSSR count). The van der Waals surface area contributed by atoms with Gasteiger partial charge in [0.1, 0.15) is 17.0 Å². The van der Waals surface area contributed by atoms with Crippen LogP contribution in [0.3, 0.4) is 0 Å². The minimum absolute atomic E-state index is 0.305. The smallest absolute Gasteiger partial charge is 0.253 e. The van der Waals surface area contributed by atoms with Crippen LogP contribution in [-0.4, -0.2) is 35.1 Å². The van der Waals surface area contributed by atoms with Crippen LogP contribution in [0.25, 0.3) is 33.1 Å². The van der Waals surface area contributed by atoms with E-state index in [2.05, 4.69) is 20.2 Å². The Bertz CT molecular complexity index is 1310. The Hall–Kier alpha value is -3.13. The van der Waals surface area contributed by atoms with Gasteiger partial charge in [-0.25, -0.2) is 9.97 Å². The molecule has 5 aromatic rings. The number of benzene rings is 1. The number of nitrogens with one attached hydrogen (secondary N) is 1. The van der Waals surface area contributed by atoms with Crippen molar-refractivity contribution in [2.24, 2.45) is 5.73 Å². The van der Waals surface area contributed by atoms with Crippen LogP contribution in [0.15, 0.2) is 24.5 Å². The van der Waals surface area contributed by atoms with Gasteiger partial charge in [-0.15, -0.1) is 0 Å². The molecule has 0 radical (unpaired) electrons. The van der Waals surface area contributed by atoms with Gasteiger partial charge in [0.25, 0.3) is 5.91 Å². The maximum atomic E-state index is 12.1. The first-order chi connectivity index (χ1) is 11.6. The number of aromatic amines is 1. The molecule has 4 aromatic heterocycles. The largest absolute Gasteiger partial charge is 0.365 e. The number of aromatic nitrogens is 6. The molecule has 0 spiro atoms. The molecule has 0 bridgehead atoms. The SMILES string of the molecule is Cc1ncc2c(C(N)=O)c3[nH]n4ncc5ccc(Cl)c(c54)n3c2n1. The average Bonchev–Trinajstić information content (AvgIpc) is 3.09. The van der Waals surface area contributed by atoms with Crippen LogP contribution >= 0.6 is 11.6 Å². The highest BCUT2D eigenvalue weighted by Gasteiger charge is 2.23. The molecule has 0 unspecified atom stereocenters. The van der Waals surface area contributed by atoms with Gasteiger partial charge >= 0.3 is 0 Å². The summed E-state index contributed by atoms with van der Waals surface area (Å²) < 4.78 is 3.38. The van der Waals surface area contributed by atoms with E-state index in [1.54, 1.807) is 34.4 Å². The lowest BCUT2D eigenvalue weighted by Gasteiger charge is -2.07. The van der Waals surface area contributed by atoms with E-state index >= 15 is 0 Å². The summed E-state index contributed by atoms with van der Waals surface area (Å²) in [5.41, 5.74) is 8.47. The number of nitrogens with zero attached hydrogens (tertiary/aromatic N) is 5. The van der Waals surface area contributed by atoms with Crippen LogP contribution in [0.4, 0.5) is 0 Å². The highest BCUT2D eigenvalue weighted by atomic mass is 35.5. The molecule has 1 amide bonds. The number of halogens is 1. The molecule has 4 heterocycles. The molecule has 0 saturated heterocycles. The molecule has 9 heteroatoms. The summed E-state index contributed by atoms with van der Waals surface area (Å²) in [5.74, 6) is 0.00815. The third kappa shape index (κ3) is 1.48. The van der Waals surface area contributed by atoms with E-state index in [1.165, 1.54) is 0 Å². The van der Waals surface area contributed by atoms with Crippen LogP contribution in [0.2, 0.25) is 5.02 Å². The molecule has 0 fully saturated rings. The molecule has 0 aliphatic heterocycles. The average molecular weight is 340 g/mol. The van der Waals surface area contributed by atoms with Gasteiger partial charge in [0.15, 0.2) is 5.65 Å². The van der Waals surface area contributed by atoms with Crippen molar-refractivity contribution in [2.75, 3.05) is 0 Å². The molecule has 0 aliphatic rings. The van der Waals surface area contributed by atoms with E-state index in [-0.39, 0.29) is 0 Å². The summed E-state index contributed by atoms with van der Waals surface area (Å²) in [6.07, 6.45) is 3.32. The Kier molecular flexibility index (Phi) is 2.35. The van der Waals surface area contributed by atoms with Gasteiger partial charge < -0.3 is 5.73 Å². The summed E-state index contributed by atoms with van der Waals surface area (Å²) in [5, 5.41) is 9.42. The summed E-state index contributed by atoms with van der Waals surface area (Å²) in [7, 11) is 0. The normalized spacial score (nSPS) is 12.1. The van der Waals surface area contributed by atoms with Crippen molar-refractivity contribution in [3.8, 4) is 0 Å². The van der Waals surface area contributed by atoms with Gasteiger partial charge in [-0.1, -0.05) is 11.6 Å². The molecule has 3 N–H and O–H groups in total. The van der Waals surface area contributed by atoms with Crippen molar-refractivity contribution < 1.29 is 4.79 Å². The molecule has 0 aliphatic carbocycles. The number of fused-ring (bicyclic) bond motifs is 4. The Morgan fingerprint density at radius 1 is 1.29 bits per heavy atom. The molecule has 1 aromatic carbocycles. The van der Waals surface area contributed by atoms with E-state index in [0.29, 0.717) is 38.6 Å². The van der Waals surface area contributed by atoms with E-state index in [9.17, 15) is 4.79 Å². The van der Waals surface area contributed by atoms with Gasteiger partial charge in [0.05, 0.1) is 27.7 Å². The van der Waals surface area contributed by atoms with Crippen LogP contribution in [-0.2, 0) is 0 Å². The monoisotopic (exact) mass is 339 g/mol. The van der Waals surface area contributed by atoms with Gasteiger partial charge in [-0.2, -0.15) is 9.73 Å². The molecular weight excluding hydrogens is 330 g/mol. The number of primary amides is 1. The van der Waals surface area contributed by atoms with Crippen molar-refractivity contribution in [1.29, 1.82) is 0 Å². The summed E-state index contributed by atoms with van der Waals surface area (Å²) in [6, 6.07) is 3.68. The third-order valence-corrected chi connectivity index (χ3v) is 4.47. The Morgan fingerprint density at radius 3 is 2.92 bits per heavy atom. The predicted octanol–water partition coefficient (Wildman–Crippen LogP) is 2.07. The maximum Gasteiger partial charge on any atom is 0.253 e. The van der Waals surface area contributed by atoms with Gasteiger partial charge in [0, 0.05) is 11.6 Å². The van der Waals surface area contributed by atoms with Crippen LogP contribution in [0.1, 0.15) is 16.2 Å². The van der Waals surface area contributed by atoms with E-state index in [1.807, 2.05) is 6.07 Å². The molecular formula is C15H10ClN7O. The third-order valence-electron chi connectivity index (χ3n) is 4.17. The number of amides is 1. The molecule has 0 atom stereocenters. The minimum atomic E-state index is -0.576. The van der Waals surface area contributed by atoms with Gasteiger partial charge in [-0.3, -0.25) is 14.3 Å². The first-order valence-electron chi connectivity index (χ1n) is 7.18. The van der Waals surface area contributed by atoms with Gasteiger partial charge in [0.2, 0.25) is 0 Å². The fraction of sp³-hybridized carbons (Fsp3) is 0.0667.